The van der Waals surface area contributed by atoms with Crippen molar-refractivity contribution in [3.05, 3.63) is 23.3 Å². The van der Waals surface area contributed by atoms with Gasteiger partial charge in [0.1, 0.15) is 15.4 Å². The van der Waals surface area contributed by atoms with Crippen molar-refractivity contribution in [2.75, 3.05) is 7.11 Å². The van der Waals surface area contributed by atoms with Crippen LogP contribution in [0.5, 0.6) is 0 Å². The van der Waals surface area contributed by atoms with E-state index in [1.165, 1.54) is 28.9 Å². The molecule has 0 saturated carbocycles. The predicted molar refractivity (Wildman–Crippen MR) is 59.7 cm³/mol. The SMILES string of the molecule is COC(=O)c1cc(S(=O)(=O)Cl)c2sccn12. The van der Waals surface area contributed by atoms with Gasteiger partial charge in [0.2, 0.25) is 0 Å². The average molecular weight is 280 g/mol. The Balaban J connectivity index is 2.79. The van der Waals surface area contributed by atoms with Crippen molar-refractivity contribution >= 4 is 41.9 Å². The molecule has 0 aliphatic rings. The van der Waals surface area contributed by atoms with Gasteiger partial charge < -0.3 is 9.14 Å². The van der Waals surface area contributed by atoms with Crippen LogP contribution in [-0.2, 0) is 13.8 Å². The predicted octanol–water partition coefficient (Wildman–Crippen LogP) is 1.71. The number of thiazole rings is 1. The Morgan fingerprint density at radius 2 is 2.25 bits per heavy atom. The van der Waals surface area contributed by atoms with Gasteiger partial charge in [-0.1, -0.05) is 0 Å². The standard InChI is InChI=1S/C8H6ClNO4S2/c1-14-8(11)5-4-6(16(9,12)13)7-10(5)2-3-15-7/h2-4H,1H3. The summed E-state index contributed by atoms with van der Waals surface area (Å²) in [6, 6.07) is 1.21. The highest BCUT2D eigenvalue weighted by Gasteiger charge is 2.23. The van der Waals surface area contributed by atoms with E-state index in [-0.39, 0.29) is 10.6 Å². The highest BCUT2D eigenvalue weighted by atomic mass is 35.7. The number of hydrogen-bond donors (Lipinski definition) is 0. The van der Waals surface area contributed by atoms with E-state index in [9.17, 15) is 13.2 Å². The molecule has 2 aromatic rings. The van der Waals surface area contributed by atoms with Crippen LogP contribution in [0.15, 0.2) is 22.5 Å². The third kappa shape index (κ3) is 1.70. The summed E-state index contributed by atoms with van der Waals surface area (Å²) in [6.07, 6.45) is 1.58. The van der Waals surface area contributed by atoms with Crippen LogP contribution in [-0.4, -0.2) is 25.9 Å². The minimum Gasteiger partial charge on any atom is -0.464 e. The van der Waals surface area contributed by atoms with Gasteiger partial charge in [0.05, 0.1) is 7.11 Å². The monoisotopic (exact) mass is 279 g/mol. The molecule has 0 radical (unpaired) electrons. The van der Waals surface area contributed by atoms with Crippen LogP contribution in [0.1, 0.15) is 10.5 Å². The molecule has 5 nitrogen and oxygen atoms in total. The lowest BCUT2D eigenvalue weighted by molar-refractivity contribution is 0.0593. The maximum Gasteiger partial charge on any atom is 0.355 e. The smallest absolute Gasteiger partial charge is 0.355 e. The van der Waals surface area contributed by atoms with Crippen molar-refractivity contribution in [1.82, 2.24) is 4.40 Å². The van der Waals surface area contributed by atoms with Crippen LogP contribution in [0.4, 0.5) is 0 Å². The summed E-state index contributed by atoms with van der Waals surface area (Å²) in [4.78, 5) is 11.7. The number of carbonyl (C=O) groups excluding carboxylic acids is 1. The number of esters is 1. The highest BCUT2D eigenvalue weighted by molar-refractivity contribution is 8.14. The van der Waals surface area contributed by atoms with E-state index >= 15 is 0 Å². The van der Waals surface area contributed by atoms with E-state index in [2.05, 4.69) is 4.74 Å². The first-order chi connectivity index (χ1) is 7.45. The number of fused-ring (bicyclic) bond motifs is 1. The lowest BCUT2D eigenvalue weighted by Gasteiger charge is -1.95. The molecule has 2 aromatic heterocycles. The van der Waals surface area contributed by atoms with E-state index in [1.807, 2.05) is 0 Å². The fourth-order valence-electron chi connectivity index (χ4n) is 1.34. The number of nitrogens with zero attached hydrogens (tertiary/aromatic N) is 1. The summed E-state index contributed by atoms with van der Waals surface area (Å²) in [5.41, 5.74) is 0.137. The van der Waals surface area contributed by atoms with Crippen molar-refractivity contribution < 1.29 is 17.9 Å². The molecule has 0 saturated heterocycles. The van der Waals surface area contributed by atoms with E-state index in [0.717, 1.165) is 0 Å². The van der Waals surface area contributed by atoms with Crippen molar-refractivity contribution in [2.24, 2.45) is 0 Å². The molecule has 86 valence electrons. The van der Waals surface area contributed by atoms with Gasteiger partial charge in [0, 0.05) is 22.3 Å². The minimum absolute atomic E-state index is 0.0791. The van der Waals surface area contributed by atoms with E-state index in [0.29, 0.717) is 4.83 Å². The lowest BCUT2D eigenvalue weighted by Crippen LogP contribution is -2.03. The second kappa shape index (κ2) is 3.76. The third-order valence-electron chi connectivity index (χ3n) is 2.00. The second-order valence-corrected chi connectivity index (χ2v) is 6.33. The Morgan fingerprint density at radius 1 is 1.56 bits per heavy atom. The van der Waals surface area contributed by atoms with Crippen LogP contribution in [0, 0.1) is 0 Å². The molecular formula is C8H6ClNO4S2. The number of ether oxygens (including phenoxy) is 1. The summed E-state index contributed by atoms with van der Waals surface area (Å²) in [7, 11) is 2.63. The van der Waals surface area contributed by atoms with Crippen LogP contribution in [0.2, 0.25) is 0 Å². The summed E-state index contributed by atoms with van der Waals surface area (Å²) >= 11 is 1.18. The van der Waals surface area contributed by atoms with Crippen molar-refractivity contribution in [3.63, 3.8) is 0 Å². The zero-order chi connectivity index (χ0) is 11.9. The molecule has 8 heteroatoms. The Morgan fingerprint density at radius 3 is 2.81 bits per heavy atom. The zero-order valence-electron chi connectivity index (χ0n) is 8.01. The normalized spacial score (nSPS) is 11.9. The van der Waals surface area contributed by atoms with E-state index < -0.39 is 15.0 Å². The molecule has 2 heterocycles. The topological polar surface area (TPSA) is 64.9 Å². The summed E-state index contributed by atoms with van der Waals surface area (Å²) in [5, 5.41) is 1.66. The number of carbonyl (C=O) groups is 1. The summed E-state index contributed by atoms with van der Waals surface area (Å²) in [6.45, 7) is 0. The Labute approximate surface area is 99.6 Å². The third-order valence-corrected chi connectivity index (χ3v) is 4.37. The first kappa shape index (κ1) is 11.4. The van der Waals surface area contributed by atoms with Gasteiger partial charge in [-0.2, -0.15) is 0 Å². The first-order valence-corrected chi connectivity index (χ1v) is 7.25. The number of hydrogen-bond acceptors (Lipinski definition) is 5. The largest absolute Gasteiger partial charge is 0.464 e. The van der Waals surface area contributed by atoms with Gasteiger partial charge in [-0.25, -0.2) is 13.2 Å². The van der Waals surface area contributed by atoms with Gasteiger partial charge >= 0.3 is 5.97 Å². The Hall–Kier alpha value is -1.05. The molecule has 0 N–H and O–H groups in total. The van der Waals surface area contributed by atoms with E-state index in [4.69, 9.17) is 10.7 Å². The molecule has 0 atom stereocenters. The molecule has 0 aliphatic carbocycles. The van der Waals surface area contributed by atoms with Crippen LogP contribution >= 0.6 is 22.0 Å². The number of rotatable bonds is 2. The Kier molecular flexibility index (Phi) is 2.69. The molecule has 0 spiro atoms. The zero-order valence-corrected chi connectivity index (χ0v) is 10.4. The van der Waals surface area contributed by atoms with Gasteiger partial charge in [-0.05, 0) is 6.07 Å². The first-order valence-electron chi connectivity index (χ1n) is 4.06. The molecule has 0 aromatic carbocycles. The highest BCUT2D eigenvalue weighted by Crippen LogP contribution is 2.28. The molecule has 0 unspecified atom stereocenters. The van der Waals surface area contributed by atoms with Crippen LogP contribution < -0.4 is 0 Å². The van der Waals surface area contributed by atoms with Gasteiger partial charge in [0.15, 0.2) is 0 Å². The molecule has 0 amide bonds. The molecule has 16 heavy (non-hydrogen) atoms. The number of halogens is 1. The fraction of sp³-hybridized carbons (Fsp3) is 0.125. The second-order valence-electron chi connectivity index (χ2n) is 2.90. The maximum absolute atomic E-state index is 11.4. The minimum atomic E-state index is -3.87. The number of aromatic nitrogens is 1. The molecule has 0 fully saturated rings. The number of methoxy groups -OCH3 is 1. The van der Waals surface area contributed by atoms with Crippen molar-refractivity contribution in [3.8, 4) is 0 Å². The van der Waals surface area contributed by atoms with Gasteiger partial charge in [-0.3, -0.25) is 0 Å². The Bertz CT molecular complexity index is 655. The van der Waals surface area contributed by atoms with E-state index in [1.54, 1.807) is 11.6 Å². The van der Waals surface area contributed by atoms with Gasteiger partial charge in [-0.15, -0.1) is 11.3 Å². The molecular weight excluding hydrogens is 274 g/mol. The maximum atomic E-state index is 11.4. The molecule has 2 rings (SSSR count). The van der Waals surface area contributed by atoms with Crippen LogP contribution in [0.3, 0.4) is 0 Å². The lowest BCUT2D eigenvalue weighted by atomic mass is 10.4. The fourth-order valence-corrected chi connectivity index (χ4v) is 3.62. The quantitative estimate of drug-likeness (QED) is 0.620. The van der Waals surface area contributed by atoms with Crippen molar-refractivity contribution in [2.45, 2.75) is 4.90 Å². The molecule has 0 aliphatic heterocycles. The average Bonchev–Trinajstić information content (AvgIpc) is 2.74. The molecule has 0 bridgehead atoms. The van der Waals surface area contributed by atoms with Crippen molar-refractivity contribution in [1.29, 1.82) is 0 Å². The van der Waals surface area contributed by atoms with Crippen LogP contribution in [0.25, 0.3) is 4.83 Å². The summed E-state index contributed by atoms with van der Waals surface area (Å²) < 4.78 is 28.5. The summed E-state index contributed by atoms with van der Waals surface area (Å²) in [5.74, 6) is -0.611. The van der Waals surface area contributed by atoms with Gasteiger partial charge in [0.25, 0.3) is 9.05 Å².